The van der Waals surface area contributed by atoms with Gasteiger partial charge in [0.15, 0.2) is 11.0 Å². The molecule has 2 N–H and O–H groups in total. The van der Waals surface area contributed by atoms with E-state index in [0.717, 1.165) is 11.3 Å². The molecular weight excluding hydrogens is 509 g/mol. The van der Waals surface area contributed by atoms with Gasteiger partial charge in [0.2, 0.25) is 11.8 Å². The Labute approximate surface area is 218 Å². The number of rotatable bonds is 11. The van der Waals surface area contributed by atoms with Crippen LogP contribution < -0.4 is 15.4 Å². The van der Waals surface area contributed by atoms with E-state index in [0.29, 0.717) is 33.3 Å². The van der Waals surface area contributed by atoms with Gasteiger partial charge in [-0.15, -0.1) is 16.8 Å². The number of hydrogen-bond acceptors (Lipinski definition) is 6. The van der Waals surface area contributed by atoms with Crippen molar-refractivity contribution in [2.45, 2.75) is 31.1 Å². The zero-order valence-corrected chi connectivity index (χ0v) is 21.6. The number of allylic oxidation sites excluding steroid dienone is 1. The van der Waals surface area contributed by atoms with Crippen LogP contribution >= 0.6 is 35.0 Å². The number of amides is 2. The molecular formula is C24H25Cl2N5O3S. The molecule has 1 aromatic heterocycles. The van der Waals surface area contributed by atoms with E-state index >= 15 is 0 Å². The van der Waals surface area contributed by atoms with Crippen molar-refractivity contribution >= 4 is 52.5 Å². The second kappa shape index (κ2) is 12.6. The minimum Gasteiger partial charge on any atom is -0.497 e. The van der Waals surface area contributed by atoms with Gasteiger partial charge in [-0.1, -0.05) is 53.2 Å². The first-order valence-electron chi connectivity index (χ1n) is 10.6. The maximum atomic E-state index is 12.6. The molecule has 3 rings (SSSR count). The Balaban J connectivity index is 1.61. The fourth-order valence-corrected chi connectivity index (χ4v) is 4.43. The Morgan fingerprint density at radius 3 is 2.57 bits per heavy atom. The second-order valence-electron chi connectivity index (χ2n) is 7.52. The standard InChI is InChI=1S/C24H25Cl2N5O3S/c1-4-11-31-23(15(2)27-21(32)12-16-5-8-18(34-3)9-6-16)29-30-24(31)35-14-22(33)28-20-10-7-17(25)13-19(20)26/h4-10,13,15H,1,11-12,14H2,2-3H3,(H,27,32)(H,28,33). The molecule has 0 spiro atoms. The van der Waals surface area contributed by atoms with Gasteiger partial charge < -0.3 is 19.9 Å². The van der Waals surface area contributed by atoms with Crippen LogP contribution in [0.4, 0.5) is 5.69 Å². The third kappa shape index (κ3) is 7.48. The molecule has 1 unspecified atom stereocenters. The molecule has 0 fully saturated rings. The Kier molecular flexibility index (Phi) is 9.59. The number of benzene rings is 2. The highest BCUT2D eigenvalue weighted by atomic mass is 35.5. The van der Waals surface area contributed by atoms with Crippen molar-refractivity contribution in [3.8, 4) is 5.75 Å². The minimum absolute atomic E-state index is 0.0897. The van der Waals surface area contributed by atoms with Crippen molar-refractivity contribution in [1.29, 1.82) is 0 Å². The molecule has 35 heavy (non-hydrogen) atoms. The molecule has 0 saturated heterocycles. The number of nitrogens with one attached hydrogen (secondary N) is 2. The Bertz CT molecular complexity index is 1200. The lowest BCUT2D eigenvalue weighted by atomic mass is 10.1. The lowest BCUT2D eigenvalue weighted by molar-refractivity contribution is -0.121. The quantitative estimate of drug-likeness (QED) is 0.268. The lowest BCUT2D eigenvalue weighted by Gasteiger charge is -2.15. The van der Waals surface area contributed by atoms with Crippen LogP contribution in [0.2, 0.25) is 10.0 Å². The van der Waals surface area contributed by atoms with E-state index in [1.54, 1.807) is 31.4 Å². The van der Waals surface area contributed by atoms with Crippen molar-refractivity contribution in [1.82, 2.24) is 20.1 Å². The van der Waals surface area contributed by atoms with Gasteiger partial charge in [-0.05, 0) is 42.8 Å². The summed E-state index contributed by atoms with van der Waals surface area (Å²) in [4.78, 5) is 25.0. The third-order valence-corrected chi connectivity index (χ3v) is 6.40. The van der Waals surface area contributed by atoms with E-state index in [1.165, 1.54) is 11.8 Å². The third-order valence-electron chi connectivity index (χ3n) is 4.88. The predicted molar refractivity (Wildman–Crippen MR) is 139 cm³/mol. The van der Waals surface area contributed by atoms with Crippen LogP contribution in [0.1, 0.15) is 24.4 Å². The summed E-state index contributed by atoms with van der Waals surface area (Å²) in [5.74, 6) is 0.984. The number of anilines is 1. The molecule has 1 heterocycles. The first kappa shape index (κ1) is 26.6. The number of halogens is 2. The zero-order chi connectivity index (χ0) is 25.4. The average molecular weight is 534 g/mol. The van der Waals surface area contributed by atoms with Gasteiger partial charge in [-0.25, -0.2) is 0 Å². The van der Waals surface area contributed by atoms with Crippen molar-refractivity contribution in [3.63, 3.8) is 0 Å². The van der Waals surface area contributed by atoms with Gasteiger partial charge in [0, 0.05) is 11.6 Å². The van der Waals surface area contributed by atoms with Gasteiger partial charge in [-0.3, -0.25) is 9.59 Å². The van der Waals surface area contributed by atoms with Gasteiger partial charge in [-0.2, -0.15) is 0 Å². The number of nitrogens with zero attached hydrogens (tertiary/aromatic N) is 3. The van der Waals surface area contributed by atoms with E-state index in [-0.39, 0.29) is 24.0 Å². The van der Waals surface area contributed by atoms with Crippen LogP contribution in [0.5, 0.6) is 5.75 Å². The SMILES string of the molecule is C=CCn1c(SCC(=O)Nc2ccc(Cl)cc2Cl)nnc1C(C)NC(=O)Cc1ccc(OC)cc1. The normalized spacial score (nSPS) is 11.5. The van der Waals surface area contributed by atoms with Crippen LogP contribution in [-0.4, -0.2) is 39.4 Å². The molecule has 2 amide bonds. The van der Waals surface area contributed by atoms with E-state index < -0.39 is 6.04 Å². The number of aromatic nitrogens is 3. The highest BCUT2D eigenvalue weighted by Crippen LogP contribution is 2.26. The molecule has 0 aliphatic rings. The van der Waals surface area contributed by atoms with Crippen molar-refractivity contribution in [2.24, 2.45) is 0 Å². The lowest BCUT2D eigenvalue weighted by Crippen LogP contribution is -2.30. The minimum atomic E-state index is -0.399. The molecule has 0 aliphatic heterocycles. The number of carbonyl (C=O) groups is 2. The van der Waals surface area contributed by atoms with Crippen LogP contribution in [0.3, 0.4) is 0 Å². The number of carbonyl (C=O) groups excluding carboxylic acids is 2. The van der Waals surface area contributed by atoms with E-state index in [1.807, 2.05) is 35.8 Å². The molecule has 11 heteroatoms. The first-order valence-corrected chi connectivity index (χ1v) is 12.4. The number of ether oxygens (including phenoxy) is 1. The van der Waals surface area contributed by atoms with Gasteiger partial charge >= 0.3 is 0 Å². The van der Waals surface area contributed by atoms with E-state index in [2.05, 4.69) is 27.4 Å². The zero-order valence-electron chi connectivity index (χ0n) is 19.3. The molecule has 0 radical (unpaired) electrons. The summed E-state index contributed by atoms with van der Waals surface area (Å²) >= 11 is 13.2. The average Bonchev–Trinajstić information content (AvgIpc) is 3.23. The molecule has 3 aromatic rings. The summed E-state index contributed by atoms with van der Waals surface area (Å²) in [6, 6.07) is 11.8. The number of thioether (sulfide) groups is 1. The molecule has 2 aromatic carbocycles. The Morgan fingerprint density at radius 2 is 1.91 bits per heavy atom. The summed E-state index contributed by atoms with van der Waals surface area (Å²) in [5.41, 5.74) is 1.34. The number of methoxy groups -OCH3 is 1. The maximum absolute atomic E-state index is 12.6. The second-order valence-corrected chi connectivity index (χ2v) is 9.30. The molecule has 0 aliphatic carbocycles. The van der Waals surface area contributed by atoms with Gasteiger partial charge in [0.05, 0.1) is 36.0 Å². The summed E-state index contributed by atoms with van der Waals surface area (Å²) < 4.78 is 6.96. The predicted octanol–water partition coefficient (Wildman–Crippen LogP) is 4.93. The summed E-state index contributed by atoms with van der Waals surface area (Å²) in [6.07, 6.45) is 1.93. The molecule has 8 nitrogen and oxygen atoms in total. The highest BCUT2D eigenvalue weighted by Gasteiger charge is 2.20. The van der Waals surface area contributed by atoms with Crippen molar-refractivity contribution in [3.05, 3.63) is 76.6 Å². The summed E-state index contributed by atoms with van der Waals surface area (Å²) in [7, 11) is 1.59. The largest absolute Gasteiger partial charge is 0.497 e. The monoisotopic (exact) mass is 533 g/mol. The van der Waals surface area contributed by atoms with Crippen LogP contribution in [-0.2, 0) is 22.6 Å². The molecule has 1 atom stereocenters. The summed E-state index contributed by atoms with van der Waals surface area (Å²) in [6.45, 7) is 6.05. The molecule has 184 valence electrons. The van der Waals surface area contributed by atoms with Gasteiger partial charge in [0.1, 0.15) is 5.75 Å². The van der Waals surface area contributed by atoms with Crippen LogP contribution in [0, 0.1) is 0 Å². The molecule has 0 saturated carbocycles. The number of hydrogen-bond donors (Lipinski definition) is 2. The fraction of sp³-hybridized carbons (Fsp3) is 0.250. The Morgan fingerprint density at radius 1 is 1.17 bits per heavy atom. The van der Waals surface area contributed by atoms with Crippen molar-refractivity contribution < 1.29 is 14.3 Å². The first-order chi connectivity index (χ1) is 16.8. The van der Waals surface area contributed by atoms with Gasteiger partial charge in [0.25, 0.3) is 0 Å². The van der Waals surface area contributed by atoms with Crippen LogP contribution in [0.25, 0.3) is 0 Å². The topological polar surface area (TPSA) is 98.1 Å². The van der Waals surface area contributed by atoms with E-state index in [9.17, 15) is 9.59 Å². The van der Waals surface area contributed by atoms with Crippen LogP contribution in [0.15, 0.2) is 60.3 Å². The highest BCUT2D eigenvalue weighted by molar-refractivity contribution is 7.99. The summed E-state index contributed by atoms with van der Waals surface area (Å²) in [5, 5.41) is 15.5. The fourth-order valence-electron chi connectivity index (χ4n) is 3.22. The molecule has 0 bridgehead atoms. The smallest absolute Gasteiger partial charge is 0.234 e. The Hall–Kier alpha value is -3.01. The maximum Gasteiger partial charge on any atom is 0.234 e. The van der Waals surface area contributed by atoms with E-state index in [4.69, 9.17) is 27.9 Å². The van der Waals surface area contributed by atoms with Crippen molar-refractivity contribution in [2.75, 3.05) is 18.2 Å².